The van der Waals surface area contributed by atoms with Crippen molar-refractivity contribution >= 4 is 33.6 Å². The first-order valence-corrected chi connectivity index (χ1v) is 14.1. The van der Waals surface area contributed by atoms with E-state index in [-0.39, 0.29) is 23.8 Å². The normalized spacial score (nSPS) is 16.4. The molecule has 4 N–H and O–H groups in total. The number of benzene rings is 2. The van der Waals surface area contributed by atoms with Gasteiger partial charge in [0.1, 0.15) is 11.1 Å². The summed E-state index contributed by atoms with van der Waals surface area (Å²) in [5.41, 5.74) is 2.90. The van der Waals surface area contributed by atoms with E-state index in [2.05, 4.69) is 26.7 Å². The number of fused-ring (bicyclic) bond motifs is 2. The van der Waals surface area contributed by atoms with Crippen LogP contribution in [-0.2, 0) is 15.6 Å². The van der Waals surface area contributed by atoms with E-state index in [0.717, 1.165) is 58.9 Å². The third-order valence-electron chi connectivity index (χ3n) is 8.61. The van der Waals surface area contributed by atoms with Crippen molar-refractivity contribution in [2.45, 2.75) is 49.9 Å². The Morgan fingerprint density at radius 2 is 1.52 bits per heavy atom. The lowest BCUT2D eigenvalue weighted by molar-refractivity contribution is -0.126. The highest BCUT2D eigenvalue weighted by Gasteiger charge is 2.41. The molecular formula is C33H35N5O2. The second-order valence-electron chi connectivity index (χ2n) is 11.3. The number of para-hydroxylation sites is 2. The fourth-order valence-corrected chi connectivity index (χ4v) is 6.09. The topological polar surface area (TPSA) is 103 Å². The molecule has 1 saturated carbocycles. The van der Waals surface area contributed by atoms with Gasteiger partial charge in [-0.15, -0.1) is 0 Å². The van der Waals surface area contributed by atoms with Crippen molar-refractivity contribution in [1.29, 1.82) is 0 Å². The number of rotatable bonds is 8. The summed E-state index contributed by atoms with van der Waals surface area (Å²) in [5.74, 6) is -0.375. The molecule has 1 aliphatic carbocycles. The standard InChI is InChI=1S/C33H35N5O2/c1-32(29-20-24-12-4-6-14-26(24)38-29,21-35-30(39)27-19-23-11-3-5-13-25(23)37-27)31(40)36-22-33(16-8-2-9-17-33)28-15-7-10-18-34-28/h3-7,10-15,18-20,37-38H,2,8-9,16-17,21-22H2,1H3,(H,35,39)(H,36,40)/t32-/m0/s1. The first kappa shape index (κ1) is 25.9. The average molecular weight is 534 g/mol. The lowest BCUT2D eigenvalue weighted by Gasteiger charge is -2.38. The highest BCUT2D eigenvalue weighted by atomic mass is 16.2. The van der Waals surface area contributed by atoms with Crippen molar-refractivity contribution in [3.8, 4) is 0 Å². The molecule has 6 rings (SSSR count). The minimum Gasteiger partial charge on any atom is -0.357 e. The van der Waals surface area contributed by atoms with E-state index in [1.165, 1.54) is 6.42 Å². The molecule has 0 saturated heterocycles. The number of amides is 2. The van der Waals surface area contributed by atoms with Crippen LogP contribution in [0.5, 0.6) is 0 Å². The molecule has 3 heterocycles. The molecule has 0 unspecified atom stereocenters. The molecule has 2 aromatic carbocycles. The van der Waals surface area contributed by atoms with Crippen LogP contribution >= 0.6 is 0 Å². The fourth-order valence-electron chi connectivity index (χ4n) is 6.09. The largest absolute Gasteiger partial charge is 0.357 e. The summed E-state index contributed by atoms with van der Waals surface area (Å²) >= 11 is 0. The Balaban J connectivity index is 1.27. The van der Waals surface area contributed by atoms with Crippen LogP contribution < -0.4 is 10.6 Å². The maximum atomic E-state index is 14.1. The number of hydrogen-bond acceptors (Lipinski definition) is 3. The molecule has 1 atom stereocenters. The summed E-state index contributed by atoms with van der Waals surface area (Å²) in [4.78, 5) is 38.7. The minimum atomic E-state index is -1.03. The van der Waals surface area contributed by atoms with E-state index in [1.807, 2.05) is 85.9 Å². The Bertz CT molecular complexity index is 1580. The Morgan fingerprint density at radius 1 is 0.850 bits per heavy atom. The van der Waals surface area contributed by atoms with Crippen molar-refractivity contribution in [3.63, 3.8) is 0 Å². The van der Waals surface area contributed by atoms with E-state index >= 15 is 0 Å². The zero-order chi connectivity index (χ0) is 27.6. The number of carbonyl (C=O) groups is 2. The van der Waals surface area contributed by atoms with Gasteiger partial charge in [-0.2, -0.15) is 0 Å². The van der Waals surface area contributed by atoms with Crippen LogP contribution in [0.3, 0.4) is 0 Å². The van der Waals surface area contributed by atoms with E-state index in [4.69, 9.17) is 4.98 Å². The van der Waals surface area contributed by atoms with E-state index in [9.17, 15) is 9.59 Å². The van der Waals surface area contributed by atoms with Crippen molar-refractivity contribution in [2.75, 3.05) is 13.1 Å². The Kier molecular flexibility index (Phi) is 6.88. The zero-order valence-corrected chi connectivity index (χ0v) is 22.8. The molecule has 5 aromatic rings. The Morgan fingerprint density at radius 3 is 2.20 bits per heavy atom. The maximum absolute atomic E-state index is 14.1. The molecule has 2 amide bonds. The van der Waals surface area contributed by atoms with Crippen LogP contribution in [-0.4, -0.2) is 39.9 Å². The number of aromatic amines is 2. The number of nitrogens with zero attached hydrogens (tertiary/aromatic N) is 1. The molecule has 0 spiro atoms. The lowest BCUT2D eigenvalue weighted by atomic mass is 9.71. The van der Waals surface area contributed by atoms with Gasteiger partial charge in [-0.3, -0.25) is 14.6 Å². The third kappa shape index (κ3) is 4.88. The summed E-state index contributed by atoms with van der Waals surface area (Å²) in [7, 11) is 0. The number of carbonyl (C=O) groups excluding carboxylic acids is 2. The SMILES string of the molecule is C[C@@](CNC(=O)c1cc2ccccc2[nH]1)(C(=O)NCC1(c2ccccn2)CCCCC1)c1cc2ccccc2[nH]1. The summed E-state index contributed by atoms with van der Waals surface area (Å²) in [6, 6.07) is 25.6. The maximum Gasteiger partial charge on any atom is 0.267 e. The third-order valence-corrected chi connectivity index (χ3v) is 8.61. The molecule has 7 heteroatoms. The molecule has 1 fully saturated rings. The van der Waals surface area contributed by atoms with Gasteiger partial charge < -0.3 is 20.6 Å². The Hall–Kier alpha value is -4.39. The number of H-pyrrole nitrogens is 2. The molecule has 0 bridgehead atoms. The van der Waals surface area contributed by atoms with Crippen LogP contribution in [0.4, 0.5) is 0 Å². The first-order chi connectivity index (χ1) is 19.5. The predicted octanol–water partition coefficient (Wildman–Crippen LogP) is 5.75. The van der Waals surface area contributed by atoms with Crippen LogP contribution in [0, 0.1) is 0 Å². The molecule has 40 heavy (non-hydrogen) atoms. The van der Waals surface area contributed by atoms with Crippen LogP contribution in [0.15, 0.2) is 85.1 Å². The lowest BCUT2D eigenvalue weighted by Crippen LogP contribution is -2.53. The van der Waals surface area contributed by atoms with E-state index in [1.54, 1.807) is 0 Å². The molecule has 7 nitrogen and oxygen atoms in total. The highest BCUT2D eigenvalue weighted by molar-refractivity contribution is 5.99. The van der Waals surface area contributed by atoms with Gasteiger partial charge in [0.15, 0.2) is 0 Å². The number of aromatic nitrogens is 3. The second kappa shape index (κ2) is 10.6. The van der Waals surface area contributed by atoms with Crippen LogP contribution in [0.2, 0.25) is 0 Å². The number of hydrogen-bond donors (Lipinski definition) is 4. The summed E-state index contributed by atoms with van der Waals surface area (Å²) in [5, 5.41) is 8.33. The first-order valence-electron chi connectivity index (χ1n) is 14.1. The molecule has 3 aromatic heterocycles. The average Bonchev–Trinajstić information content (AvgIpc) is 3.64. The van der Waals surface area contributed by atoms with Crippen molar-refractivity contribution in [3.05, 3.63) is 102 Å². The van der Waals surface area contributed by atoms with Crippen molar-refractivity contribution < 1.29 is 9.59 Å². The molecule has 204 valence electrons. The predicted molar refractivity (Wildman–Crippen MR) is 158 cm³/mol. The Labute approximate surface area is 233 Å². The van der Waals surface area contributed by atoms with Gasteiger partial charge in [0, 0.05) is 52.5 Å². The van der Waals surface area contributed by atoms with Crippen LogP contribution in [0.1, 0.15) is 60.9 Å². The van der Waals surface area contributed by atoms with Gasteiger partial charge in [0.2, 0.25) is 5.91 Å². The molecular weight excluding hydrogens is 498 g/mol. The smallest absolute Gasteiger partial charge is 0.267 e. The van der Waals surface area contributed by atoms with E-state index in [0.29, 0.717) is 12.2 Å². The quantitative estimate of drug-likeness (QED) is 0.204. The fraction of sp³-hybridized carbons (Fsp3) is 0.303. The van der Waals surface area contributed by atoms with Gasteiger partial charge in [-0.1, -0.05) is 61.7 Å². The summed E-state index contributed by atoms with van der Waals surface area (Å²) < 4.78 is 0. The van der Waals surface area contributed by atoms with E-state index < -0.39 is 5.41 Å². The highest BCUT2D eigenvalue weighted by Crippen LogP contribution is 2.38. The van der Waals surface area contributed by atoms with Gasteiger partial charge in [-0.05, 0) is 61.5 Å². The van der Waals surface area contributed by atoms with Gasteiger partial charge in [-0.25, -0.2) is 0 Å². The summed E-state index contributed by atoms with van der Waals surface area (Å²) in [6.07, 6.45) is 7.25. The summed E-state index contributed by atoms with van der Waals surface area (Å²) in [6.45, 7) is 2.54. The molecule has 0 radical (unpaired) electrons. The minimum absolute atomic E-state index is 0.128. The van der Waals surface area contributed by atoms with Gasteiger partial charge >= 0.3 is 0 Å². The molecule has 0 aliphatic heterocycles. The van der Waals surface area contributed by atoms with Crippen molar-refractivity contribution in [2.24, 2.45) is 0 Å². The molecule has 1 aliphatic rings. The van der Waals surface area contributed by atoms with Gasteiger partial charge in [0.05, 0.1) is 0 Å². The monoisotopic (exact) mass is 533 g/mol. The van der Waals surface area contributed by atoms with Gasteiger partial charge in [0.25, 0.3) is 5.91 Å². The van der Waals surface area contributed by atoms with Crippen LogP contribution in [0.25, 0.3) is 21.8 Å². The number of nitrogens with one attached hydrogen (secondary N) is 4. The zero-order valence-electron chi connectivity index (χ0n) is 22.8. The second-order valence-corrected chi connectivity index (χ2v) is 11.3. The number of pyridine rings is 1. The van der Waals surface area contributed by atoms with Crippen molar-refractivity contribution in [1.82, 2.24) is 25.6 Å².